The summed E-state index contributed by atoms with van der Waals surface area (Å²) in [5, 5.41) is 8.81. The maximum atomic E-state index is 11.7. The van der Waals surface area contributed by atoms with Gasteiger partial charge in [-0.2, -0.15) is 0 Å². The first-order valence-corrected chi connectivity index (χ1v) is 5.13. The standard InChI is InChI=1S/C10H22N2O2/c1-8(2)12(4-5-13)10(14)6-9(3)7-11/h8-9,13H,4-7,11H2,1-3H3. The van der Waals surface area contributed by atoms with E-state index in [9.17, 15) is 4.79 Å². The highest BCUT2D eigenvalue weighted by Gasteiger charge is 2.17. The number of nitrogens with zero attached hydrogens (tertiary/aromatic N) is 1. The highest BCUT2D eigenvalue weighted by molar-refractivity contribution is 5.76. The summed E-state index contributed by atoms with van der Waals surface area (Å²) >= 11 is 0. The number of aliphatic hydroxyl groups is 1. The van der Waals surface area contributed by atoms with Crippen molar-refractivity contribution in [3.8, 4) is 0 Å². The van der Waals surface area contributed by atoms with Crippen LogP contribution in [0.15, 0.2) is 0 Å². The second kappa shape index (κ2) is 6.79. The molecule has 0 saturated heterocycles. The molecule has 0 aromatic heterocycles. The van der Waals surface area contributed by atoms with Gasteiger partial charge in [0.25, 0.3) is 0 Å². The van der Waals surface area contributed by atoms with Crippen molar-refractivity contribution < 1.29 is 9.90 Å². The van der Waals surface area contributed by atoms with Crippen molar-refractivity contribution in [1.29, 1.82) is 0 Å². The number of carbonyl (C=O) groups excluding carboxylic acids is 1. The van der Waals surface area contributed by atoms with Crippen LogP contribution in [0.3, 0.4) is 0 Å². The van der Waals surface area contributed by atoms with Gasteiger partial charge < -0.3 is 15.7 Å². The molecule has 1 atom stereocenters. The number of nitrogens with two attached hydrogens (primary N) is 1. The molecule has 84 valence electrons. The van der Waals surface area contributed by atoms with Crippen molar-refractivity contribution in [2.75, 3.05) is 19.7 Å². The summed E-state index contributed by atoms with van der Waals surface area (Å²) in [5.74, 6) is 0.287. The molecule has 0 spiro atoms. The maximum Gasteiger partial charge on any atom is 0.223 e. The molecular weight excluding hydrogens is 180 g/mol. The van der Waals surface area contributed by atoms with Crippen LogP contribution < -0.4 is 5.73 Å². The van der Waals surface area contributed by atoms with Crippen molar-refractivity contribution in [3.05, 3.63) is 0 Å². The molecule has 4 nitrogen and oxygen atoms in total. The van der Waals surface area contributed by atoms with Crippen LogP contribution in [0.25, 0.3) is 0 Å². The van der Waals surface area contributed by atoms with Gasteiger partial charge in [0.2, 0.25) is 5.91 Å². The van der Waals surface area contributed by atoms with Crippen molar-refractivity contribution in [2.24, 2.45) is 11.7 Å². The van der Waals surface area contributed by atoms with Crippen molar-refractivity contribution in [2.45, 2.75) is 33.2 Å². The van der Waals surface area contributed by atoms with Crippen LogP contribution in [0.5, 0.6) is 0 Å². The molecule has 0 saturated carbocycles. The lowest BCUT2D eigenvalue weighted by Gasteiger charge is -2.27. The third kappa shape index (κ3) is 4.58. The minimum Gasteiger partial charge on any atom is -0.395 e. The van der Waals surface area contributed by atoms with Crippen LogP contribution in [-0.2, 0) is 4.79 Å². The highest BCUT2D eigenvalue weighted by atomic mass is 16.3. The fourth-order valence-electron chi connectivity index (χ4n) is 1.28. The van der Waals surface area contributed by atoms with E-state index in [2.05, 4.69) is 0 Å². The molecule has 1 amide bonds. The first kappa shape index (κ1) is 13.4. The first-order chi connectivity index (χ1) is 6.52. The van der Waals surface area contributed by atoms with Gasteiger partial charge in [-0.15, -0.1) is 0 Å². The normalized spacial score (nSPS) is 13.0. The quantitative estimate of drug-likeness (QED) is 0.646. The molecule has 0 aromatic rings. The van der Waals surface area contributed by atoms with Crippen LogP contribution in [-0.4, -0.2) is 41.7 Å². The molecule has 1 unspecified atom stereocenters. The Kier molecular flexibility index (Phi) is 6.49. The summed E-state index contributed by atoms with van der Waals surface area (Å²) < 4.78 is 0. The Morgan fingerprint density at radius 3 is 2.36 bits per heavy atom. The van der Waals surface area contributed by atoms with Gasteiger partial charge in [0.05, 0.1) is 6.61 Å². The van der Waals surface area contributed by atoms with Gasteiger partial charge in [-0.1, -0.05) is 6.92 Å². The summed E-state index contributed by atoms with van der Waals surface area (Å²) in [4.78, 5) is 13.4. The lowest BCUT2D eigenvalue weighted by Crippen LogP contribution is -2.40. The molecule has 0 aliphatic rings. The molecule has 0 fully saturated rings. The Morgan fingerprint density at radius 1 is 1.43 bits per heavy atom. The third-order valence-corrected chi connectivity index (χ3v) is 2.21. The lowest BCUT2D eigenvalue weighted by atomic mass is 10.1. The van der Waals surface area contributed by atoms with Gasteiger partial charge in [0.15, 0.2) is 0 Å². The Bertz CT molecular complexity index is 172. The highest BCUT2D eigenvalue weighted by Crippen LogP contribution is 2.06. The largest absolute Gasteiger partial charge is 0.395 e. The molecule has 0 aromatic carbocycles. The van der Waals surface area contributed by atoms with Crippen LogP contribution in [0, 0.1) is 5.92 Å². The van der Waals surface area contributed by atoms with E-state index in [0.717, 1.165) is 0 Å². The van der Waals surface area contributed by atoms with E-state index in [4.69, 9.17) is 10.8 Å². The van der Waals surface area contributed by atoms with E-state index in [1.165, 1.54) is 0 Å². The molecule has 3 N–H and O–H groups in total. The molecule has 0 aliphatic carbocycles. The molecule has 4 heteroatoms. The Hall–Kier alpha value is -0.610. The number of rotatable bonds is 6. The zero-order valence-corrected chi connectivity index (χ0v) is 9.36. The summed E-state index contributed by atoms with van der Waals surface area (Å²) in [7, 11) is 0. The second-order valence-corrected chi connectivity index (χ2v) is 3.95. The van der Waals surface area contributed by atoms with Crippen LogP contribution in [0.4, 0.5) is 0 Å². The third-order valence-electron chi connectivity index (χ3n) is 2.21. The summed E-state index contributed by atoms with van der Waals surface area (Å²) in [6, 6.07) is 0.139. The Balaban J connectivity index is 4.15. The average molecular weight is 202 g/mol. The van der Waals surface area contributed by atoms with Gasteiger partial charge >= 0.3 is 0 Å². The van der Waals surface area contributed by atoms with Crippen LogP contribution in [0.2, 0.25) is 0 Å². The summed E-state index contributed by atoms with van der Waals surface area (Å²) in [6.07, 6.45) is 0.467. The Morgan fingerprint density at radius 2 is 2.00 bits per heavy atom. The molecule has 0 heterocycles. The van der Waals surface area contributed by atoms with E-state index < -0.39 is 0 Å². The molecule has 0 rings (SSSR count). The van der Waals surface area contributed by atoms with E-state index in [1.54, 1.807) is 4.90 Å². The van der Waals surface area contributed by atoms with Crippen LogP contribution >= 0.6 is 0 Å². The lowest BCUT2D eigenvalue weighted by molar-refractivity contribution is -0.134. The van der Waals surface area contributed by atoms with Gasteiger partial charge in [-0.05, 0) is 26.3 Å². The SMILES string of the molecule is CC(CN)CC(=O)N(CCO)C(C)C. The van der Waals surface area contributed by atoms with Crippen molar-refractivity contribution in [1.82, 2.24) is 4.90 Å². The average Bonchev–Trinajstić information content (AvgIpc) is 2.13. The number of amides is 1. The maximum absolute atomic E-state index is 11.7. The van der Waals surface area contributed by atoms with E-state index in [1.807, 2.05) is 20.8 Å². The van der Waals surface area contributed by atoms with Gasteiger partial charge in [0.1, 0.15) is 0 Å². The number of hydrogen-bond donors (Lipinski definition) is 2. The predicted molar refractivity (Wildman–Crippen MR) is 56.8 cm³/mol. The van der Waals surface area contributed by atoms with E-state index in [-0.39, 0.29) is 24.5 Å². The zero-order valence-electron chi connectivity index (χ0n) is 9.36. The summed E-state index contributed by atoms with van der Waals surface area (Å²) in [6.45, 7) is 6.79. The first-order valence-electron chi connectivity index (χ1n) is 5.13. The second-order valence-electron chi connectivity index (χ2n) is 3.95. The van der Waals surface area contributed by atoms with E-state index >= 15 is 0 Å². The fraction of sp³-hybridized carbons (Fsp3) is 0.900. The minimum atomic E-state index is 0.0148. The van der Waals surface area contributed by atoms with Crippen molar-refractivity contribution in [3.63, 3.8) is 0 Å². The van der Waals surface area contributed by atoms with Crippen LogP contribution in [0.1, 0.15) is 27.2 Å². The zero-order chi connectivity index (χ0) is 11.1. The van der Waals surface area contributed by atoms with Gasteiger partial charge in [-0.3, -0.25) is 4.79 Å². The smallest absolute Gasteiger partial charge is 0.223 e. The topological polar surface area (TPSA) is 66.6 Å². The molecule has 0 aliphatic heterocycles. The van der Waals surface area contributed by atoms with E-state index in [0.29, 0.717) is 19.5 Å². The number of hydrogen-bond acceptors (Lipinski definition) is 3. The fourth-order valence-corrected chi connectivity index (χ4v) is 1.28. The molecular formula is C10H22N2O2. The minimum absolute atomic E-state index is 0.0148. The van der Waals surface area contributed by atoms with Gasteiger partial charge in [0, 0.05) is 19.0 Å². The molecule has 0 bridgehead atoms. The number of carbonyl (C=O) groups is 1. The molecule has 0 radical (unpaired) electrons. The predicted octanol–water partition coefficient (Wildman–Crippen LogP) is 0.201. The molecule has 14 heavy (non-hydrogen) atoms. The summed E-state index contributed by atoms with van der Waals surface area (Å²) in [5.41, 5.74) is 5.45. The van der Waals surface area contributed by atoms with Crippen molar-refractivity contribution >= 4 is 5.91 Å². The monoisotopic (exact) mass is 202 g/mol. The van der Waals surface area contributed by atoms with Gasteiger partial charge in [-0.25, -0.2) is 0 Å². The Labute approximate surface area is 86.1 Å². The number of aliphatic hydroxyl groups excluding tert-OH is 1.